The predicted molar refractivity (Wildman–Crippen MR) is 116 cm³/mol. The largest absolute Gasteiger partial charge is 0.389 e. The third-order valence-electron chi connectivity index (χ3n) is 5.15. The first-order valence-electron chi connectivity index (χ1n) is 10.5. The van der Waals surface area contributed by atoms with Crippen LogP contribution in [0.2, 0.25) is 0 Å². The third kappa shape index (κ3) is 8.02. The number of benzene rings is 1. The number of likely N-dealkylation sites (tertiary alicyclic amines) is 1. The molecule has 0 spiro atoms. The molecule has 1 aliphatic rings. The Balaban J connectivity index is 1.83. The molecule has 0 radical (unpaired) electrons. The lowest BCUT2D eigenvalue weighted by molar-refractivity contribution is -0.168. The molecule has 2 amide bonds. The van der Waals surface area contributed by atoms with E-state index in [0.717, 1.165) is 18.4 Å². The van der Waals surface area contributed by atoms with Crippen molar-refractivity contribution in [3.63, 3.8) is 0 Å². The molecule has 162 valence electrons. The number of aliphatic hydroxyl groups excluding tert-OH is 1. The molecule has 1 heterocycles. The number of amides is 2. The van der Waals surface area contributed by atoms with Gasteiger partial charge in [0.1, 0.15) is 0 Å². The molecular weight excluding hydrogens is 380 g/mol. The van der Waals surface area contributed by atoms with Gasteiger partial charge in [0.15, 0.2) is 0 Å². The minimum absolute atomic E-state index is 0.0390. The fraction of sp³-hybridized carbons (Fsp3) is 0.500. The highest BCUT2D eigenvalue weighted by atomic mass is 16.7. The van der Waals surface area contributed by atoms with Gasteiger partial charge >= 0.3 is 0 Å². The van der Waals surface area contributed by atoms with Gasteiger partial charge in [-0.05, 0) is 24.8 Å². The molecule has 0 saturated carbocycles. The molecule has 1 aromatic rings. The lowest BCUT2D eigenvalue weighted by Gasteiger charge is -2.32. The lowest BCUT2D eigenvalue weighted by atomic mass is 9.99. The fourth-order valence-corrected chi connectivity index (χ4v) is 3.35. The summed E-state index contributed by atoms with van der Waals surface area (Å²) in [4.78, 5) is 30.6. The van der Waals surface area contributed by atoms with E-state index in [1.165, 1.54) is 12.2 Å². The van der Waals surface area contributed by atoms with E-state index in [1.807, 2.05) is 36.4 Å². The van der Waals surface area contributed by atoms with Crippen molar-refractivity contribution in [3.8, 4) is 11.8 Å². The van der Waals surface area contributed by atoms with Gasteiger partial charge in [-0.25, -0.2) is 5.06 Å². The number of aliphatic hydroxyl groups is 1. The number of carbonyl (C=O) groups excluding carboxylic acids is 2. The number of nitrogens with zero attached hydrogens (tertiary/aromatic N) is 2. The highest BCUT2D eigenvalue weighted by Gasteiger charge is 2.25. The Morgan fingerprint density at radius 2 is 2.13 bits per heavy atom. The number of piperidine rings is 1. The van der Waals surface area contributed by atoms with E-state index < -0.39 is 6.10 Å². The molecule has 0 bridgehead atoms. The second kappa shape index (κ2) is 12.8. The first-order chi connectivity index (χ1) is 14.5. The molecule has 1 saturated heterocycles. The quantitative estimate of drug-likeness (QED) is 0.293. The van der Waals surface area contributed by atoms with Crippen LogP contribution in [-0.4, -0.2) is 59.7 Å². The maximum atomic E-state index is 12.4. The van der Waals surface area contributed by atoms with Gasteiger partial charge in [0.2, 0.25) is 11.8 Å². The summed E-state index contributed by atoms with van der Waals surface area (Å²) in [7, 11) is 3.04. The molecule has 2 atom stereocenters. The van der Waals surface area contributed by atoms with Crippen molar-refractivity contribution < 1.29 is 19.5 Å². The van der Waals surface area contributed by atoms with Crippen molar-refractivity contribution in [1.82, 2.24) is 9.96 Å². The summed E-state index contributed by atoms with van der Waals surface area (Å²) in [5.41, 5.74) is 1.08. The van der Waals surface area contributed by atoms with Gasteiger partial charge in [-0.15, -0.1) is 5.92 Å². The van der Waals surface area contributed by atoms with Crippen LogP contribution >= 0.6 is 0 Å². The van der Waals surface area contributed by atoms with Crippen LogP contribution in [0.5, 0.6) is 0 Å². The van der Waals surface area contributed by atoms with E-state index in [2.05, 4.69) is 11.8 Å². The Kier molecular flexibility index (Phi) is 10.1. The van der Waals surface area contributed by atoms with Crippen LogP contribution in [0, 0.1) is 11.8 Å². The van der Waals surface area contributed by atoms with Crippen LogP contribution in [-0.2, 0) is 20.8 Å². The zero-order valence-corrected chi connectivity index (χ0v) is 17.9. The van der Waals surface area contributed by atoms with Crippen molar-refractivity contribution in [3.05, 3.63) is 48.0 Å². The van der Waals surface area contributed by atoms with Crippen molar-refractivity contribution in [2.24, 2.45) is 0 Å². The van der Waals surface area contributed by atoms with E-state index in [4.69, 9.17) is 4.84 Å². The van der Waals surface area contributed by atoms with E-state index in [-0.39, 0.29) is 17.9 Å². The number of hydrogen-bond acceptors (Lipinski definition) is 4. The summed E-state index contributed by atoms with van der Waals surface area (Å²) in [5.74, 6) is 6.14. The van der Waals surface area contributed by atoms with E-state index in [0.29, 0.717) is 38.6 Å². The summed E-state index contributed by atoms with van der Waals surface area (Å²) in [6, 6.07) is 9.81. The summed E-state index contributed by atoms with van der Waals surface area (Å²) in [5, 5.41) is 11.5. The summed E-state index contributed by atoms with van der Waals surface area (Å²) in [6.45, 7) is 0.370. The van der Waals surface area contributed by atoms with Gasteiger partial charge in [0.25, 0.3) is 0 Å². The lowest BCUT2D eigenvalue weighted by Crippen LogP contribution is -2.42. The third-order valence-corrected chi connectivity index (χ3v) is 5.15. The fourth-order valence-electron chi connectivity index (χ4n) is 3.35. The Morgan fingerprint density at radius 3 is 2.87 bits per heavy atom. The Hall–Kier alpha value is -2.62. The highest BCUT2D eigenvalue weighted by molar-refractivity contribution is 5.78. The molecule has 1 N–H and O–H groups in total. The number of carbonyl (C=O) groups is 2. The van der Waals surface area contributed by atoms with Crippen LogP contribution in [0.1, 0.15) is 44.1 Å². The Labute approximate surface area is 179 Å². The monoisotopic (exact) mass is 412 g/mol. The van der Waals surface area contributed by atoms with Gasteiger partial charge < -0.3 is 10.0 Å². The van der Waals surface area contributed by atoms with Gasteiger partial charge in [-0.2, -0.15) is 0 Å². The highest BCUT2D eigenvalue weighted by Crippen LogP contribution is 2.19. The summed E-state index contributed by atoms with van der Waals surface area (Å²) in [6.07, 6.45) is 7.59. The minimum atomic E-state index is -0.583. The van der Waals surface area contributed by atoms with Crippen LogP contribution in [0.4, 0.5) is 0 Å². The molecule has 1 unspecified atom stereocenters. The van der Waals surface area contributed by atoms with Crippen LogP contribution < -0.4 is 0 Å². The first-order valence-corrected chi connectivity index (χ1v) is 10.5. The van der Waals surface area contributed by atoms with Crippen LogP contribution in [0.3, 0.4) is 0 Å². The zero-order valence-electron chi connectivity index (χ0n) is 17.9. The van der Waals surface area contributed by atoms with E-state index in [9.17, 15) is 14.7 Å². The molecule has 1 aliphatic heterocycles. The average Bonchev–Trinajstić information content (AvgIpc) is 2.75. The van der Waals surface area contributed by atoms with Crippen molar-refractivity contribution in [1.29, 1.82) is 0 Å². The number of hydroxylamine groups is 2. The molecule has 0 aliphatic carbocycles. The van der Waals surface area contributed by atoms with Gasteiger partial charge in [0, 0.05) is 32.7 Å². The Bertz CT molecular complexity index is 766. The molecule has 2 rings (SSSR count). The summed E-state index contributed by atoms with van der Waals surface area (Å²) >= 11 is 0. The minimum Gasteiger partial charge on any atom is -0.389 e. The van der Waals surface area contributed by atoms with Crippen molar-refractivity contribution in [2.75, 3.05) is 20.7 Å². The standard InChI is InChI=1S/C24H32N2O4/c1-25(30-2)23(28)14-8-3-4-9-18-26-21(13-10-15-24(26)29)16-17-22(27)19-20-11-6-5-7-12-20/h5-7,11-12,16-17,21-22,27H,3,8,10,13-15,18-19H2,1-2H3/b17-16+/t21-,22?/m1/s1. The molecule has 6 nitrogen and oxygen atoms in total. The normalized spacial score (nSPS) is 17.5. The first kappa shape index (κ1) is 23.7. The molecule has 30 heavy (non-hydrogen) atoms. The van der Waals surface area contributed by atoms with E-state index in [1.54, 1.807) is 18.0 Å². The maximum absolute atomic E-state index is 12.4. The second-order valence-corrected chi connectivity index (χ2v) is 7.40. The second-order valence-electron chi connectivity index (χ2n) is 7.40. The van der Waals surface area contributed by atoms with Gasteiger partial charge in [-0.1, -0.05) is 48.4 Å². The zero-order chi connectivity index (χ0) is 21.8. The topological polar surface area (TPSA) is 70.1 Å². The number of hydrogen-bond donors (Lipinski definition) is 1. The van der Waals surface area contributed by atoms with Gasteiger partial charge in [0.05, 0.1) is 25.8 Å². The number of rotatable bonds is 9. The molecule has 0 aromatic heterocycles. The van der Waals surface area contributed by atoms with Crippen molar-refractivity contribution >= 4 is 11.8 Å². The summed E-state index contributed by atoms with van der Waals surface area (Å²) < 4.78 is 0. The van der Waals surface area contributed by atoms with Crippen LogP contribution in [0.15, 0.2) is 42.5 Å². The predicted octanol–water partition coefficient (Wildman–Crippen LogP) is 2.72. The molecule has 6 heteroatoms. The van der Waals surface area contributed by atoms with Crippen LogP contribution in [0.25, 0.3) is 0 Å². The average molecular weight is 413 g/mol. The smallest absolute Gasteiger partial charge is 0.245 e. The SMILES string of the molecule is CON(C)C(=O)CCCC#CCN1C(=O)CCC[C@@H]1/C=C/C(O)Cc1ccccc1. The maximum Gasteiger partial charge on any atom is 0.245 e. The molecule has 1 fully saturated rings. The Morgan fingerprint density at radius 1 is 1.37 bits per heavy atom. The molecule has 1 aromatic carbocycles. The van der Waals surface area contributed by atoms with E-state index >= 15 is 0 Å². The molecular formula is C24H32N2O4. The van der Waals surface area contributed by atoms with Gasteiger partial charge in [-0.3, -0.25) is 14.4 Å². The number of unbranched alkanes of at least 4 members (excludes halogenated alkanes) is 1. The van der Waals surface area contributed by atoms with Crippen molar-refractivity contribution in [2.45, 2.75) is 57.1 Å².